The molecule has 0 aliphatic rings. The van der Waals surface area contributed by atoms with Gasteiger partial charge >= 0.3 is 0 Å². The third-order valence-electron chi connectivity index (χ3n) is 2.82. The Bertz CT molecular complexity index is 403. The molecule has 0 heterocycles. The highest BCUT2D eigenvalue weighted by Crippen LogP contribution is 2.10. The number of nitrogens with zero attached hydrogens (tertiary/aromatic N) is 1. The number of hydrogen-bond donors (Lipinski definition) is 1. The molecule has 106 valence electrons. The second kappa shape index (κ2) is 7.29. The van der Waals surface area contributed by atoms with Crippen LogP contribution >= 0.6 is 0 Å². The van der Waals surface area contributed by atoms with Crippen LogP contribution in [0.4, 0.5) is 5.69 Å². The van der Waals surface area contributed by atoms with Crippen LogP contribution in [0, 0.1) is 11.8 Å². The highest BCUT2D eigenvalue weighted by molar-refractivity contribution is 5.98. The van der Waals surface area contributed by atoms with Crippen molar-refractivity contribution in [1.82, 2.24) is 4.90 Å². The maximum absolute atomic E-state index is 12.3. The molecule has 1 aromatic carbocycles. The monoisotopic (exact) mass is 262 g/mol. The molecule has 2 N–H and O–H groups in total. The summed E-state index contributed by atoms with van der Waals surface area (Å²) in [4.78, 5) is 14.5. The molecule has 1 aromatic rings. The summed E-state index contributed by atoms with van der Waals surface area (Å²) in [6, 6.07) is 7.22. The lowest BCUT2D eigenvalue weighted by atomic mass is 10.1. The highest BCUT2D eigenvalue weighted by atomic mass is 16.1. The molecule has 0 saturated carbocycles. The summed E-state index contributed by atoms with van der Waals surface area (Å²) in [5.41, 5.74) is 7.07. The van der Waals surface area contributed by atoms with Crippen molar-refractivity contribution in [3.63, 3.8) is 0 Å². The standard InChI is InChI=1S/C16H26N2O/c1-12(2)9-18(10-13(3)4)11-16(19)14-6-5-7-15(17)8-14/h5-8,12-13H,9-11,17H2,1-4H3. The quantitative estimate of drug-likeness (QED) is 0.607. The van der Waals surface area contributed by atoms with Gasteiger partial charge in [0, 0.05) is 24.3 Å². The van der Waals surface area contributed by atoms with Gasteiger partial charge in [0.25, 0.3) is 0 Å². The molecule has 0 bridgehead atoms. The molecule has 0 unspecified atom stereocenters. The molecule has 0 saturated heterocycles. The molecule has 0 atom stereocenters. The summed E-state index contributed by atoms with van der Waals surface area (Å²) in [7, 11) is 0. The van der Waals surface area contributed by atoms with Crippen molar-refractivity contribution in [2.75, 3.05) is 25.4 Å². The Hall–Kier alpha value is -1.35. The second-order valence-electron chi connectivity index (χ2n) is 6.03. The van der Waals surface area contributed by atoms with Gasteiger partial charge in [-0.25, -0.2) is 0 Å². The van der Waals surface area contributed by atoms with Gasteiger partial charge in [-0.2, -0.15) is 0 Å². The first kappa shape index (κ1) is 15.7. The summed E-state index contributed by atoms with van der Waals surface area (Å²) in [6.07, 6.45) is 0. The normalized spacial score (nSPS) is 11.5. The van der Waals surface area contributed by atoms with Crippen molar-refractivity contribution in [1.29, 1.82) is 0 Å². The fourth-order valence-electron chi connectivity index (χ4n) is 2.24. The zero-order valence-corrected chi connectivity index (χ0v) is 12.5. The van der Waals surface area contributed by atoms with Crippen LogP contribution in [0.3, 0.4) is 0 Å². The van der Waals surface area contributed by atoms with Crippen LogP contribution in [0.5, 0.6) is 0 Å². The van der Waals surface area contributed by atoms with E-state index in [-0.39, 0.29) is 5.78 Å². The van der Waals surface area contributed by atoms with E-state index in [0.717, 1.165) is 13.1 Å². The molecule has 1 rings (SSSR count). The number of nitrogens with two attached hydrogens (primary N) is 1. The van der Waals surface area contributed by atoms with E-state index in [2.05, 4.69) is 32.6 Å². The van der Waals surface area contributed by atoms with Crippen molar-refractivity contribution in [3.8, 4) is 0 Å². The van der Waals surface area contributed by atoms with Crippen molar-refractivity contribution in [2.24, 2.45) is 11.8 Å². The number of rotatable bonds is 7. The molecule has 0 radical (unpaired) electrons. The second-order valence-corrected chi connectivity index (χ2v) is 6.03. The molecule has 0 aliphatic carbocycles. The van der Waals surface area contributed by atoms with Crippen LogP contribution in [-0.2, 0) is 0 Å². The first-order valence-corrected chi connectivity index (χ1v) is 6.99. The number of hydrogen-bond acceptors (Lipinski definition) is 3. The summed E-state index contributed by atoms with van der Waals surface area (Å²) >= 11 is 0. The van der Waals surface area contributed by atoms with E-state index in [4.69, 9.17) is 5.73 Å². The third-order valence-corrected chi connectivity index (χ3v) is 2.82. The van der Waals surface area contributed by atoms with E-state index in [1.165, 1.54) is 0 Å². The molecule has 19 heavy (non-hydrogen) atoms. The number of anilines is 1. The summed E-state index contributed by atoms with van der Waals surface area (Å²) < 4.78 is 0. The third kappa shape index (κ3) is 5.88. The Morgan fingerprint density at radius 2 is 1.74 bits per heavy atom. The van der Waals surface area contributed by atoms with Gasteiger partial charge in [0.05, 0.1) is 6.54 Å². The lowest BCUT2D eigenvalue weighted by Crippen LogP contribution is -2.35. The number of benzene rings is 1. The minimum Gasteiger partial charge on any atom is -0.399 e. The first-order chi connectivity index (χ1) is 8.88. The van der Waals surface area contributed by atoms with E-state index < -0.39 is 0 Å². The molecular formula is C16H26N2O. The Kier molecular flexibility index (Phi) is 6.03. The van der Waals surface area contributed by atoms with Gasteiger partial charge in [-0.1, -0.05) is 39.8 Å². The molecule has 0 fully saturated rings. The molecule has 3 nitrogen and oxygen atoms in total. The summed E-state index contributed by atoms with van der Waals surface area (Å²) in [6.45, 7) is 11.1. The van der Waals surface area contributed by atoms with Gasteiger partial charge in [0.1, 0.15) is 0 Å². The lowest BCUT2D eigenvalue weighted by Gasteiger charge is -2.25. The van der Waals surface area contributed by atoms with Gasteiger partial charge in [0.15, 0.2) is 5.78 Å². The molecule has 0 amide bonds. The van der Waals surface area contributed by atoms with Gasteiger partial charge in [-0.3, -0.25) is 9.69 Å². The molecular weight excluding hydrogens is 236 g/mol. The van der Waals surface area contributed by atoms with Crippen molar-refractivity contribution in [3.05, 3.63) is 29.8 Å². The topological polar surface area (TPSA) is 46.3 Å². The fourth-order valence-corrected chi connectivity index (χ4v) is 2.24. The average molecular weight is 262 g/mol. The van der Waals surface area contributed by atoms with Crippen LogP contribution in [0.2, 0.25) is 0 Å². The van der Waals surface area contributed by atoms with Gasteiger partial charge in [-0.05, 0) is 24.0 Å². The van der Waals surface area contributed by atoms with Crippen molar-refractivity contribution >= 4 is 11.5 Å². The summed E-state index contributed by atoms with van der Waals surface area (Å²) in [5.74, 6) is 1.27. The van der Waals surface area contributed by atoms with Crippen LogP contribution in [0.25, 0.3) is 0 Å². The van der Waals surface area contributed by atoms with Crippen LogP contribution in [0.1, 0.15) is 38.1 Å². The number of nitrogen functional groups attached to an aromatic ring is 1. The fraction of sp³-hybridized carbons (Fsp3) is 0.562. The summed E-state index contributed by atoms with van der Waals surface area (Å²) in [5, 5.41) is 0. The number of ketones is 1. The zero-order valence-electron chi connectivity index (χ0n) is 12.5. The zero-order chi connectivity index (χ0) is 14.4. The van der Waals surface area contributed by atoms with Gasteiger partial charge in [-0.15, -0.1) is 0 Å². The first-order valence-electron chi connectivity index (χ1n) is 6.99. The Morgan fingerprint density at radius 3 is 2.21 bits per heavy atom. The van der Waals surface area contributed by atoms with Gasteiger partial charge in [0.2, 0.25) is 0 Å². The predicted molar refractivity (Wildman–Crippen MR) is 81.3 cm³/mol. The smallest absolute Gasteiger partial charge is 0.176 e. The van der Waals surface area contributed by atoms with E-state index in [1.807, 2.05) is 12.1 Å². The largest absolute Gasteiger partial charge is 0.399 e. The Labute approximate surface area is 116 Å². The maximum Gasteiger partial charge on any atom is 0.176 e. The van der Waals surface area contributed by atoms with Crippen molar-refractivity contribution in [2.45, 2.75) is 27.7 Å². The maximum atomic E-state index is 12.3. The van der Waals surface area contributed by atoms with Crippen LogP contribution < -0.4 is 5.73 Å². The molecule has 3 heteroatoms. The average Bonchev–Trinajstić information content (AvgIpc) is 2.26. The number of carbonyl (C=O) groups is 1. The predicted octanol–water partition coefficient (Wildman–Crippen LogP) is 3.07. The lowest BCUT2D eigenvalue weighted by molar-refractivity contribution is 0.0912. The number of carbonyl (C=O) groups excluding carboxylic acids is 1. The highest BCUT2D eigenvalue weighted by Gasteiger charge is 2.15. The molecule has 0 aliphatic heterocycles. The number of Topliss-reactive ketones (excluding diaryl/α,β-unsaturated/α-hetero) is 1. The minimum atomic E-state index is 0.147. The van der Waals surface area contributed by atoms with Gasteiger partial charge < -0.3 is 5.73 Å². The van der Waals surface area contributed by atoms with E-state index in [9.17, 15) is 4.79 Å². The van der Waals surface area contributed by atoms with Crippen LogP contribution in [-0.4, -0.2) is 30.3 Å². The van der Waals surface area contributed by atoms with E-state index in [1.54, 1.807) is 12.1 Å². The Morgan fingerprint density at radius 1 is 1.16 bits per heavy atom. The van der Waals surface area contributed by atoms with E-state index in [0.29, 0.717) is 29.6 Å². The van der Waals surface area contributed by atoms with Crippen molar-refractivity contribution < 1.29 is 4.79 Å². The Balaban J connectivity index is 2.69. The minimum absolute atomic E-state index is 0.147. The molecule has 0 spiro atoms. The van der Waals surface area contributed by atoms with Crippen LogP contribution in [0.15, 0.2) is 24.3 Å². The molecule has 0 aromatic heterocycles. The SMILES string of the molecule is CC(C)CN(CC(=O)c1cccc(N)c1)CC(C)C. The van der Waals surface area contributed by atoms with E-state index >= 15 is 0 Å².